The van der Waals surface area contributed by atoms with Gasteiger partial charge in [0.25, 0.3) is 0 Å². The Hall–Kier alpha value is -1.81. The molecule has 0 fully saturated rings. The Labute approximate surface area is 131 Å². The van der Waals surface area contributed by atoms with Crippen molar-refractivity contribution in [1.82, 2.24) is 4.57 Å². The molecule has 0 aliphatic rings. The second kappa shape index (κ2) is 6.13. The van der Waals surface area contributed by atoms with Crippen LogP contribution in [0.1, 0.15) is 55.6 Å². The summed E-state index contributed by atoms with van der Waals surface area (Å²) in [4.78, 5) is 11.5. The molecule has 0 saturated heterocycles. The number of carbonyl (C=O) groups is 1. The molecule has 3 N–H and O–H groups in total. The lowest BCUT2D eigenvalue weighted by Crippen LogP contribution is -2.15. The van der Waals surface area contributed by atoms with Gasteiger partial charge in [-0.1, -0.05) is 20.8 Å². The molecule has 0 atom stereocenters. The van der Waals surface area contributed by atoms with Crippen molar-refractivity contribution >= 4 is 16.9 Å². The summed E-state index contributed by atoms with van der Waals surface area (Å²) in [5, 5.41) is 10.5. The van der Waals surface area contributed by atoms with Crippen molar-refractivity contribution in [3.8, 4) is 0 Å². The normalized spacial score (nSPS) is 12.0. The first kappa shape index (κ1) is 16.6. The van der Waals surface area contributed by atoms with Crippen molar-refractivity contribution in [2.24, 2.45) is 5.73 Å². The number of aromatic nitrogens is 1. The number of carboxylic acid groups (broad SMARTS) is 1. The van der Waals surface area contributed by atoms with E-state index in [9.17, 15) is 9.90 Å². The summed E-state index contributed by atoms with van der Waals surface area (Å²) in [6.07, 6.45) is 3.94. The van der Waals surface area contributed by atoms with Crippen LogP contribution in [0.3, 0.4) is 0 Å². The van der Waals surface area contributed by atoms with E-state index >= 15 is 0 Å². The van der Waals surface area contributed by atoms with Gasteiger partial charge in [-0.25, -0.2) is 4.79 Å². The molecule has 0 amide bonds. The predicted octanol–water partition coefficient (Wildman–Crippen LogP) is 3.55. The molecular formula is C18H26N2O2. The highest BCUT2D eigenvalue weighted by Gasteiger charge is 2.23. The van der Waals surface area contributed by atoms with E-state index in [1.165, 1.54) is 5.56 Å². The summed E-state index contributed by atoms with van der Waals surface area (Å²) in [6, 6.07) is 3.63. The van der Waals surface area contributed by atoms with Crippen molar-refractivity contribution in [2.45, 2.75) is 52.5 Å². The van der Waals surface area contributed by atoms with E-state index in [1.54, 1.807) is 0 Å². The number of fused-ring (bicyclic) bond motifs is 1. The van der Waals surface area contributed by atoms with Crippen LogP contribution in [-0.4, -0.2) is 22.2 Å². The Bertz CT molecular complexity index is 693. The van der Waals surface area contributed by atoms with E-state index in [0.29, 0.717) is 12.1 Å². The Kier molecular flexibility index (Phi) is 4.61. The van der Waals surface area contributed by atoms with Gasteiger partial charge in [0.05, 0.1) is 11.1 Å². The maximum atomic E-state index is 11.5. The van der Waals surface area contributed by atoms with Gasteiger partial charge in [0.15, 0.2) is 0 Å². The van der Waals surface area contributed by atoms with Crippen LogP contribution in [0.2, 0.25) is 0 Å². The van der Waals surface area contributed by atoms with Gasteiger partial charge in [0.2, 0.25) is 0 Å². The maximum Gasteiger partial charge on any atom is 0.335 e. The molecule has 0 aliphatic heterocycles. The molecule has 0 bridgehead atoms. The van der Waals surface area contributed by atoms with Crippen LogP contribution in [0.5, 0.6) is 0 Å². The number of nitrogens with zero attached hydrogens (tertiary/aromatic N) is 1. The van der Waals surface area contributed by atoms with E-state index in [4.69, 9.17) is 5.73 Å². The molecule has 2 rings (SSSR count). The molecular weight excluding hydrogens is 276 g/mol. The molecule has 1 aromatic carbocycles. The van der Waals surface area contributed by atoms with Gasteiger partial charge in [0, 0.05) is 18.1 Å². The van der Waals surface area contributed by atoms with E-state index in [1.807, 2.05) is 12.1 Å². The minimum absolute atomic E-state index is 0.111. The number of carboxylic acids is 1. The lowest BCUT2D eigenvalue weighted by molar-refractivity contribution is 0.0697. The number of hydrogen-bond acceptors (Lipinski definition) is 2. The minimum atomic E-state index is -0.874. The fraction of sp³-hybridized carbons (Fsp3) is 0.500. The van der Waals surface area contributed by atoms with Crippen LogP contribution in [0.15, 0.2) is 18.3 Å². The zero-order valence-electron chi connectivity index (χ0n) is 13.9. The molecule has 0 aliphatic carbocycles. The lowest BCUT2D eigenvalue weighted by Gasteiger charge is -2.22. The number of benzene rings is 1. The molecule has 120 valence electrons. The van der Waals surface area contributed by atoms with Gasteiger partial charge in [-0.3, -0.25) is 0 Å². The second-order valence-electron chi connectivity index (χ2n) is 6.81. The quantitative estimate of drug-likeness (QED) is 0.887. The molecule has 2 aromatic rings. The standard InChI is InChI=1S/C18H26N2O2/c1-5-20-11-12(7-6-8-19)14-9-13(17(21)22)10-15(16(14)20)18(2,3)4/h9-11H,5-8,19H2,1-4H3,(H,21,22). The average molecular weight is 302 g/mol. The van der Waals surface area contributed by atoms with Crippen molar-refractivity contribution in [2.75, 3.05) is 6.54 Å². The molecule has 0 saturated carbocycles. The van der Waals surface area contributed by atoms with Crippen LogP contribution < -0.4 is 5.73 Å². The predicted molar refractivity (Wildman–Crippen MR) is 90.6 cm³/mol. The monoisotopic (exact) mass is 302 g/mol. The summed E-state index contributed by atoms with van der Waals surface area (Å²) >= 11 is 0. The number of rotatable bonds is 5. The molecule has 1 heterocycles. The number of hydrogen-bond donors (Lipinski definition) is 2. The van der Waals surface area contributed by atoms with Crippen molar-refractivity contribution in [1.29, 1.82) is 0 Å². The first-order valence-electron chi connectivity index (χ1n) is 7.89. The highest BCUT2D eigenvalue weighted by Crippen LogP contribution is 2.34. The fourth-order valence-corrected chi connectivity index (χ4v) is 2.95. The lowest BCUT2D eigenvalue weighted by atomic mass is 9.84. The number of aryl methyl sites for hydroxylation is 2. The molecule has 0 radical (unpaired) electrons. The van der Waals surface area contributed by atoms with Gasteiger partial charge in [-0.2, -0.15) is 0 Å². The zero-order valence-corrected chi connectivity index (χ0v) is 13.9. The highest BCUT2D eigenvalue weighted by molar-refractivity contribution is 5.97. The maximum absolute atomic E-state index is 11.5. The van der Waals surface area contributed by atoms with Gasteiger partial charge in [0.1, 0.15) is 0 Å². The van der Waals surface area contributed by atoms with Crippen molar-refractivity contribution < 1.29 is 9.90 Å². The van der Waals surface area contributed by atoms with E-state index in [-0.39, 0.29) is 5.41 Å². The first-order chi connectivity index (χ1) is 10.3. The van der Waals surface area contributed by atoms with Crippen LogP contribution >= 0.6 is 0 Å². The molecule has 4 nitrogen and oxygen atoms in total. The Morgan fingerprint density at radius 2 is 2.00 bits per heavy atom. The van der Waals surface area contributed by atoms with Crippen molar-refractivity contribution in [3.63, 3.8) is 0 Å². The zero-order chi connectivity index (χ0) is 16.5. The van der Waals surface area contributed by atoms with E-state index in [2.05, 4.69) is 38.5 Å². The van der Waals surface area contributed by atoms with Crippen LogP contribution in [0, 0.1) is 0 Å². The van der Waals surface area contributed by atoms with E-state index in [0.717, 1.165) is 35.9 Å². The average Bonchev–Trinajstić information content (AvgIpc) is 2.80. The third-order valence-corrected chi connectivity index (χ3v) is 4.10. The van der Waals surface area contributed by atoms with Crippen LogP contribution in [-0.2, 0) is 18.4 Å². The summed E-state index contributed by atoms with van der Waals surface area (Å²) in [6.45, 7) is 10.0. The summed E-state index contributed by atoms with van der Waals surface area (Å²) in [5.74, 6) is -0.874. The van der Waals surface area contributed by atoms with Gasteiger partial charge < -0.3 is 15.4 Å². The molecule has 1 aromatic heterocycles. The highest BCUT2D eigenvalue weighted by atomic mass is 16.4. The van der Waals surface area contributed by atoms with Crippen LogP contribution in [0.4, 0.5) is 0 Å². The van der Waals surface area contributed by atoms with Crippen LogP contribution in [0.25, 0.3) is 10.9 Å². The molecule has 0 unspecified atom stereocenters. The van der Waals surface area contributed by atoms with E-state index < -0.39 is 5.97 Å². The summed E-state index contributed by atoms with van der Waals surface area (Å²) in [7, 11) is 0. The minimum Gasteiger partial charge on any atom is -0.478 e. The Morgan fingerprint density at radius 3 is 2.50 bits per heavy atom. The Balaban J connectivity index is 2.80. The molecule has 4 heteroatoms. The fourth-order valence-electron chi connectivity index (χ4n) is 2.95. The molecule has 22 heavy (non-hydrogen) atoms. The third-order valence-electron chi connectivity index (χ3n) is 4.10. The topological polar surface area (TPSA) is 68.2 Å². The number of aromatic carboxylic acids is 1. The number of nitrogens with two attached hydrogens (primary N) is 1. The summed E-state index contributed by atoms with van der Waals surface area (Å²) in [5.41, 5.74) is 9.32. The summed E-state index contributed by atoms with van der Waals surface area (Å²) < 4.78 is 2.23. The third kappa shape index (κ3) is 3.02. The van der Waals surface area contributed by atoms with Gasteiger partial charge in [-0.05, 0) is 55.0 Å². The Morgan fingerprint density at radius 1 is 1.32 bits per heavy atom. The second-order valence-corrected chi connectivity index (χ2v) is 6.81. The smallest absolute Gasteiger partial charge is 0.335 e. The first-order valence-corrected chi connectivity index (χ1v) is 7.89. The molecule has 0 spiro atoms. The van der Waals surface area contributed by atoms with Gasteiger partial charge in [-0.15, -0.1) is 0 Å². The SMILES string of the molecule is CCn1cc(CCCN)c2cc(C(=O)O)cc(C(C)(C)C)c21. The largest absolute Gasteiger partial charge is 0.478 e. The van der Waals surface area contributed by atoms with Crippen molar-refractivity contribution in [3.05, 3.63) is 35.0 Å². The van der Waals surface area contributed by atoms with Gasteiger partial charge >= 0.3 is 5.97 Å².